The number of furan rings is 1. The minimum atomic E-state index is -4.42. The third-order valence-electron chi connectivity index (χ3n) is 4.08. The maximum absolute atomic E-state index is 12.8. The summed E-state index contributed by atoms with van der Waals surface area (Å²) in [6, 6.07) is 7.90. The number of halogens is 3. The molecule has 1 aromatic carbocycles. The molecule has 0 atom stereocenters. The molecular weight excluding hydrogens is 321 g/mol. The van der Waals surface area contributed by atoms with Gasteiger partial charge in [0.2, 0.25) is 0 Å². The Morgan fingerprint density at radius 3 is 2.46 bits per heavy atom. The number of alkyl halides is 3. The van der Waals surface area contributed by atoms with E-state index in [9.17, 15) is 18.0 Å². The Labute approximate surface area is 137 Å². The normalized spacial score (nSPS) is 16.4. The van der Waals surface area contributed by atoms with Crippen molar-refractivity contribution >= 4 is 5.91 Å². The van der Waals surface area contributed by atoms with Crippen LogP contribution in [-0.4, -0.2) is 48.9 Å². The summed E-state index contributed by atoms with van der Waals surface area (Å²) < 4.78 is 43.9. The third kappa shape index (κ3) is 3.46. The lowest BCUT2D eigenvalue weighted by atomic mass is 10.1. The second kappa shape index (κ2) is 6.32. The maximum Gasteiger partial charge on any atom is 0.416 e. The van der Waals surface area contributed by atoms with Crippen molar-refractivity contribution in [3.05, 3.63) is 47.7 Å². The van der Waals surface area contributed by atoms with Gasteiger partial charge in [-0.15, -0.1) is 0 Å². The summed E-state index contributed by atoms with van der Waals surface area (Å²) in [6.45, 7) is 2.78. The van der Waals surface area contributed by atoms with E-state index in [2.05, 4.69) is 4.90 Å². The van der Waals surface area contributed by atoms with Crippen molar-refractivity contribution in [3.63, 3.8) is 0 Å². The number of likely N-dealkylation sites (N-methyl/N-ethyl adjacent to an activating group) is 1. The van der Waals surface area contributed by atoms with E-state index in [1.54, 1.807) is 4.90 Å². The van der Waals surface area contributed by atoms with Gasteiger partial charge in [-0.05, 0) is 31.3 Å². The van der Waals surface area contributed by atoms with Gasteiger partial charge in [0.1, 0.15) is 5.76 Å². The monoisotopic (exact) mass is 338 g/mol. The van der Waals surface area contributed by atoms with E-state index in [0.29, 0.717) is 18.7 Å². The molecule has 1 aliphatic heterocycles. The second-order valence-electron chi connectivity index (χ2n) is 5.84. The van der Waals surface area contributed by atoms with E-state index in [1.807, 2.05) is 7.05 Å². The Morgan fingerprint density at radius 2 is 1.79 bits per heavy atom. The predicted molar refractivity (Wildman–Crippen MR) is 82.5 cm³/mol. The Kier molecular flexibility index (Phi) is 4.36. The fourth-order valence-electron chi connectivity index (χ4n) is 2.62. The van der Waals surface area contributed by atoms with Crippen LogP contribution in [0.1, 0.15) is 16.1 Å². The topological polar surface area (TPSA) is 36.7 Å². The van der Waals surface area contributed by atoms with Gasteiger partial charge in [0.15, 0.2) is 5.76 Å². The first kappa shape index (κ1) is 16.6. The second-order valence-corrected chi connectivity index (χ2v) is 5.84. The highest BCUT2D eigenvalue weighted by Crippen LogP contribution is 2.32. The number of carbonyl (C=O) groups is 1. The lowest BCUT2D eigenvalue weighted by Gasteiger charge is -2.31. The van der Waals surface area contributed by atoms with Gasteiger partial charge in [-0.1, -0.05) is 12.1 Å². The number of nitrogens with zero attached hydrogens (tertiary/aromatic N) is 2. The van der Waals surface area contributed by atoms with Crippen LogP contribution in [0.15, 0.2) is 40.8 Å². The summed E-state index contributed by atoms with van der Waals surface area (Å²) in [5.41, 5.74) is -0.453. The van der Waals surface area contributed by atoms with Crippen molar-refractivity contribution in [2.45, 2.75) is 6.18 Å². The van der Waals surface area contributed by atoms with E-state index >= 15 is 0 Å². The lowest BCUT2D eigenvalue weighted by molar-refractivity contribution is -0.137. The quantitative estimate of drug-likeness (QED) is 0.843. The van der Waals surface area contributed by atoms with Crippen LogP contribution in [0, 0.1) is 0 Å². The molecule has 0 N–H and O–H groups in total. The Morgan fingerprint density at radius 1 is 1.08 bits per heavy atom. The zero-order valence-electron chi connectivity index (χ0n) is 13.1. The van der Waals surface area contributed by atoms with Gasteiger partial charge in [0.25, 0.3) is 5.91 Å². The van der Waals surface area contributed by atoms with E-state index in [4.69, 9.17) is 4.42 Å². The molecule has 0 spiro atoms. The van der Waals surface area contributed by atoms with Crippen LogP contribution >= 0.6 is 0 Å². The largest absolute Gasteiger partial charge is 0.451 e. The highest BCUT2D eigenvalue weighted by atomic mass is 19.4. The summed E-state index contributed by atoms with van der Waals surface area (Å²) in [7, 11) is 1.99. The molecule has 0 radical (unpaired) electrons. The van der Waals surface area contributed by atoms with E-state index in [1.165, 1.54) is 24.3 Å². The molecule has 24 heavy (non-hydrogen) atoms. The van der Waals surface area contributed by atoms with E-state index in [0.717, 1.165) is 25.2 Å². The molecule has 1 fully saturated rings. The van der Waals surface area contributed by atoms with Crippen LogP contribution in [0.25, 0.3) is 11.3 Å². The van der Waals surface area contributed by atoms with Gasteiger partial charge in [0, 0.05) is 31.7 Å². The first-order chi connectivity index (χ1) is 11.3. The zero-order valence-corrected chi connectivity index (χ0v) is 13.1. The Bertz CT molecular complexity index is 731. The molecule has 128 valence electrons. The number of carbonyl (C=O) groups excluding carboxylic acids is 1. The average molecular weight is 338 g/mol. The van der Waals surface area contributed by atoms with Gasteiger partial charge in [-0.25, -0.2) is 0 Å². The van der Waals surface area contributed by atoms with Crippen LogP contribution in [0.4, 0.5) is 13.2 Å². The maximum atomic E-state index is 12.8. The van der Waals surface area contributed by atoms with Gasteiger partial charge in [0.05, 0.1) is 5.56 Å². The van der Waals surface area contributed by atoms with Crippen LogP contribution in [0.2, 0.25) is 0 Å². The minimum Gasteiger partial charge on any atom is -0.451 e. The molecule has 1 amide bonds. The fourth-order valence-corrected chi connectivity index (χ4v) is 2.62. The standard InChI is InChI=1S/C17H17F3N2O2/c1-21-7-9-22(10-8-21)16(23)15-6-5-14(24-15)12-3-2-4-13(11-12)17(18,19)20/h2-6,11H,7-10H2,1H3. The molecular formula is C17H17F3N2O2. The first-order valence-corrected chi connectivity index (χ1v) is 7.60. The van der Waals surface area contributed by atoms with Crippen LogP contribution in [-0.2, 0) is 6.18 Å². The fraction of sp³-hybridized carbons (Fsp3) is 0.353. The molecule has 2 aromatic rings. The van der Waals surface area contributed by atoms with Crippen molar-refractivity contribution in [2.24, 2.45) is 0 Å². The summed E-state index contributed by atoms with van der Waals surface area (Å²) in [4.78, 5) is 16.2. The number of hydrogen-bond acceptors (Lipinski definition) is 3. The summed E-state index contributed by atoms with van der Waals surface area (Å²) in [6.07, 6.45) is -4.42. The van der Waals surface area contributed by atoms with Gasteiger partial charge >= 0.3 is 6.18 Å². The molecule has 0 aliphatic carbocycles. The lowest BCUT2D eigenvalue weighted by Crippen LogP contribution is -2.47. The Hall–Kier alpha value is -2.28. The van der Waals surface area contributed by atoms with Gasteiger partial charge in [-0.2, -0.15) is 13.2 Å². The molecule has 0 bridgehead atoms. The number of rotatable bonds is 2. The average Bonchev–Trinajstić information content (AvgIpc) is 3.04. The van der Waals surface area contributed by atoms with Crippen molar-refractivity contribution in [2.75, 3.05) is 33.2 Å². The first-order valence-electron chi connectivity index (χ1n) is 7.60. The number of benzene rings is 1. The SMILES string of the molecule is CN1CCN(C(=O)c2ccc(-c3cccc(C(F)(F)F)c3)o2)CC1. The highest BCUT2D eigenvalue weighted by Gasteiger charge is 2.31. The molecule has 2 heterocycles. The molecule has 1 aliphatic rings. The minimum absolute atomic E-state index is 0.145. The summed E-state index contributed by atoms with van der Waals surface area (Å²) in [5, 5.41) is 0. The molecule has 3 rings (SSSR count). The number of hydrogen-bond donors (Lipinski definition) is 0. The summed E-state index contributed by atoms with van der Waals surface area (Å²) in [5.74, 6) is 0.159. The van der Waals surface area contributed by atoms with E-state index in [-0.39, 0.29) is 17.4 Å². The Balaban J connectivity index is 1.79. The van der Waals surface area contributed by atoms with Gasteiger partial charge < -0.3 is 14.2 Å². The van der Waals surface area contributed by atoms with Gasteiger partial charge in [-0.3, -0.25) is 4.79 Å². The molecule has 7 heteroatoms. The van der Waals surface area contributed by atoms with Crippen LogP contribution in [0.5, 0.6) is 0 Å². The predicted octanol–water partition coefficient (Wildman–Crippen LogP) is 3.35. The van der Waals surface area contributed by atoms with Crippen molar-refractivity contribution in [1.82, 2.24) is 9.80 Å². The summed E-state index contributed by atoms with van der Waals surface area (Å²) >= 11 is 0. The molecule has 1 aromatic heterocycles. The number of piperazine rings is 1. The molecule has 0 unspecified atom stereocenters. The van der Waals surface area contributed by atoms with Crippen molar-refractivity contribution < 1.29 is 22.4 Å². The molecule has 1 saturated heterocycles. The number of amides is 1. The third-order valence-corrected chi connectivity index (χ3v) is 4.08. The molecule has 4 nitrogen and oxygen atoms in total. The van der Waals surface area contributed by atoms with E-state index < -0.39 is 11.7 Å². The van der Waals surface area contributed by atoms with Crippen LogP contribution in [0.3, 0.4) is 0 Å². The van der Waals surface area contributed by atoms with Crippen molar-refractivity contribution in [3.8, 4) is 11.3 Å². The smallest absolute Gasteiger partial charge is 0.416 e. The van der Waals surface area contributed by atoms with Crippen molar-refractivity contribution in [1.29, 1.82) is 0 Å². The van der Waals surface area contributed by atoms with Crippen LogP contribution < -0.4 is 0 Å². The zero-order chi connectivity index (χ0) is 17.3. The molecule has 0 saturated carbocycles. The highest BCUT2D eigenvalue weighted by molar-refractivity contribution is 5.92.